The Bertz CT molecular complexity index is 738. The van der Waals surface area contributed by atoms with Crippen molar-refractivity contribution in [2.45, 2.75) is 19.8 Å². The van der Waals surface area contributed by atoms with Crippen LogP contribution >= 0.6 is 0 Å². The summed E-state index contributed by atoms with van der Waals surface area (Å²) in [5.74, 6) is 0.160. The minimum atomic E-state index is -0.224. The van der Waals surface area contributed by atoms with Crippen LogP contribution in [0.15, 0.2) is 48.5 Å². The SMILES string of the molecule is C[C@@H]1C=C(CC#N)c2cc(F)c(-c3ccccc3)cc2C1. The van der Waals surface area contributed by atoms with E-state index in [0.29, 0.717) is 17.9 Å². The molecule has 0 radical (unpaired) electrons. The van der Waals surface area contributed by atoms with E-state index in [1.54, 1.807) is 6.07 Å². The Labute approximate surface area is 124 Å². The molecular weight excluding hydrogens is 261 g/mol. The Kier molecular flexibility index (Phi) is 3.58. The summed E-state index contributed by atoms with van der Waals surface area (Å²) < 4.78 is 14.5. The van der Waals surface area contributed by atoms with Gasteiger partial charge in [-0.25, -0.2) is 4.39 Å². The third-order valence-corrected chi connectivity index (χ3v) is 3.92. The average molecular weight is 277 g/mol. The zero-order valence-corrected chi connectivity index (χ0v) is 11.9. The van der Waals surface area contributed by atoms with E-state index in [9.17, 15) is 4.39 Å². The van der Waals surface area contributed by atoms with E-state index in [4.69, 9.17) is 5.26 Å². The maximum Gasteiger partial charge on any atom is 0.131 e. The lowest BCUT2D eigenvalue weighted by Crippen LogP contribution is -2.08. The van der Waals surface area contributed by atoms with Gasteiger partial charge in [-0.1, -0.05) is 43.3 Å². The van der Waals surface area contributed by atoms with Gasteiger partial charge < -0.3 is 0 Å². The van der Waals surface area contributed by atoms with Gasteiger partial charge in [-0.05, 0) is 46.7 Å². The van der Waals surface area contributed by atoms with Crippen LogP contribution in [0.2, 0.25) is 0 Å². The first-order valence-electron chi connectivity index (χ1n) is 7.15. The first-order chi connectivity index (χ1) is 10.2. The first kappa shape index (κ1) is 13.6. The van der Waals surface area contributed by atoms with E-state index < -0.39 is 0 Å². The van der Waals surface area contributed by atoms with Crippen LogP contribution in [-0.4, -0.2) is 0 Å². The summed E-state index contributed by atoms with van der Waals surface area (Å²) in [6, 6.07) is 15.3. The van der Waals surface area contributed by atoms with Crippen molar-refractivity contribution in [3.05, 3.63) is 65.5 Å². The van der Waals surface area contributed by atoms with Crippen molar-refractivity contribution in [3.8, 4) is 17.2 Å². The molecule has 21 heavy (non-hydrogen) atoms. The number of allylic oxidation sites excluding steroid dienone is 2. The van der Waals surface area contributed by atoms with Gasteiger partial charge in [-0.2, -0.15) is 5.26 Å². The molecule has 0 aromatic heterocycles. The summed E-state index contributed by atoms with van der Waals surface area (Å²) >= 11 is 0. The number of hydrogen-bond acceptors (Lipinski definition) is 1. The lowest BCUT2D eigenvalue weighted by Gasteiger charge is -2.22. The quantitative estimate of drug-likeness (QED) is 0.759. The number of rotatable bonds is 2. The summed E-state index contributed by atoms with van der Waals surface area (Å²) in [5, 5.41) is 8.95. The Balaban J connectivity index is 2.13. The maximum atomic E-state index is 14.5. The highest BCUT2D eigenvalue weighted by Crippen LogP contribution is 2.35. The lowest BCUT2D eigenvalue weighted by molar-refractivity contribution is 0.627. The number of fused-ring (bicyclic) bond motifs is 1. The molecule has 0 aliphatic heterocycles. The fourth-order valence-corrected chi connectivity index (χ4v) is 3.00. The van der Waals surface area contributed by atoms with E-state index in [1.165, 1.54) is 0 Å². The van der Waals surface area contributed by atoms with Crippen molar-refractivity contribution in [3.63, 3.8) is 0 Å². The first-order valence-corrected chi connectivity index (χ1v) is 7.15. The number of nitrogens with zero attached hydrogens (tertiary/aromatic N) is 1. The van der Waals surface area contributed by atoms with Crippen molar-refractivity contribution in [2.75, 3.05) is 0 Å². The molecule has 2 aromatic carbocycles. The van der Waals surface area contributed by atoms with E-state index in [1.807, 2.05) is 36.4 Å². The van der Waals surface area contributed by atoms with Crippen LogP contribution in [0.1, 0.15) is 24.5 Å². The standard InChI is InChI=1S/C19H16FN/c1-13-9-15(7-8-21)17-12-19(20)18(11-16(17)10-13)14-5-3-2-4-6-14/h2-6,9,11-13H,7,10H2,1H3/t13-/m1/s1. The van der Waals surface area contributed by atoms with Gasteiger partial charge in [0.05, 0.1) is 12.5 Å². The number of benzene rings is 2. The summed E-state index contributed by atoms with van der Waals surface area (Å²) in [6.07, 6.45) is 3.32. The smallest absolute Gasteiger partial charge is 0.131 e. The molecule has 1 aliphatic rings. The topological polar surface area (TPSA) is 23.8 Å². The van der Waals surface area contributed by atoms with E-state index in [0.717, 1.165) is 28.7 Å². The van der Waals surface area contributed by atoms with Crippen molar-refractivity contribution in [1.82, 2.24) is 0 Å². The molecule has 2 heteroatoms. The number of nitriles is 1. The Hall–Kier alpha value is -2.40. The highest BCUT2D eigenvalue weighted by molar-refractivity contribution is 5.76. The summed E-state index contributed by atoms with van der Waals surface area (Å²) in [5.41, 5.74) is 4.51. The average Bonchev–Trinajstić information content (AvgIpc) is 2.48. The summed E-state index contributed by atoms with van der Waals surface area (Å²) in [6.45, 7) is 2.13. The predicted molar refractivity (Wildman–Crippen MR) is 82.9 cm³/mol. The van der Waals surface area contributed by atoms with Crippen LogP contribution < -0.4 is 0 Å². The summed E-state index contributed by atoms with van der Waals surface area (Å²) in [4.78, 5) is 0. The van der Waals surface area contributed by atoms with Crippen LogP contribution in [0.5, 0.6) is 0 Å². The Morgan fingerprint density at radius 3 is 2.67 bits per heavy atom. The molecule has 0 N–H and O–H groups in total. The number of hydrogen-bond donors (Lipinski definition) is 0. The van der Waals surface area contributed by atoms with Gasteiger partial charge in [0, 0.05) is 5.56 Å². The third-order valence-electron chi connectivity index (χ3n) is 3.92. The molecule has 0 saturated carbocycles. The fraction of sp³-hybridized carbons (Fsp3) is 0.211. The van der Waals surface area contributed by atoms with Gasteiger partial charge in [0.1, 0.15) is 5.82 Å². The van der Waals surface area contributed by atoms with Gasteiger partial charge in [-0.3, -0.25) is 0 Å². The van der Waals surface area contributed by atoms with Crippen LogP contribution in [0.25, 0.3) is 16.7 Å². The second-order valence-corrected chi connectivity index (χ2v) is 5.56. The zero-order chi connectivity index (χ0) is 14.8. The van der Waals surface area contributed by atoms with E-state index >= 15 is 0 Å². The molecule has 1 nitrogen and oxygen atoms in total. The molecule has 3 rings (SSSR count). The van der Waals surface area contributed by atoms with Crippen molar-refractivity contribution < 1.29 is 4.39 Å². The lowest BCUT2D eigenvalue weighted by atomic mass is 9.83. The molecule has 1 atom stereocenters. The molecule has 0 bridgehead atoms. The molecule has 0 unspecified atom stereocenters. The summed E-state index contributed by atoms with van der Waals surface area (Å²) in [7, 11) is 0. The molecule has 104 valence electrons. The minimum Gasteiger partial charge on any atom is -0.206 e. The van der Waals surface area contributed by atoms with Crippen molar-refractivity contribution in [1.29, 1.82) is 5.26 Å². The van der Waals surface area contributed by atoms with Gasteiger partial charge in [0.15, 0.2) is 0 Å². The molecular formula is C19H16FN. The van der Waals surface area contributed by atoms with Gasteiger partial charge in [-0.15, -0.1) is 0 Å². The molecule has 0 spiro atoms. The predicted octanol–water partition coefficient (Wildman–Crippen LogP) is 4.98. The van der Waals surface area contributed by atoms with Crippen LogP contribution in [0.4, 0.5) is 4.39 Å². The van der Waals surface area contributed by atoms with Crippen molar-refractivity contribution >= 4 is 5.57 Å². The van der Waals surface area contributed by atoms with E-state index in [-0.39, 0.29) is 5.82 Å². The molecule has 1 aliphatic carbocycles. The Morgan fingerprint density at radius 1 is 1.19 bits per heavy atom. The fourth-order valence-electron chi connectivity index (χ4n) is 3.00. The molecule has 0 heterocycles. The second kappa shape index (κ2) is 5.54. The largest absolute Gasteiger partial charge is 0.206 e. The van der Waals surface area contributed by atoms with Crippen LogP contribution in [0, 0.1) is 23.1 Å². The minimum absolute atomic E-state index is 0.224. The third kappa shape index (κ3) is 2.60. The number of halogens is 1. The molecule has 0 amide bonds. The van der Waals surface area contributed by atoms with Gasteiger partial charge in [0.2, 0.25) is 0 Å². The second-order valence-electron chi connectivity index (χ2n) is 5.56. The highest BCUT2D eigenvalue weighted by atomic mass is 19.1. The normalized spacial score (nSPS) is 16.8. The van der Waals surface area contributed by atoms with Crippen molar-refractivity contribution in [2.24, 2.45) is 5.92 Å². The molecule has 0 saturated heterocycles. The van der Waals surface area contributed by atoms with Gasteiger partial charge in [0.25, 0.3) is 0 Å². The maximum absolute atomic E-state index is 14.5. The van der Waals surface area contributed by atoms with Crippen LogP contribution in [0.3, 0.4) is 0 Å². The Morgan fingerprint density at radius 2 is 1.95 bits per heavy atom. The molecule has 2 aromatic rings. The van der Waals surface area contributed by atoms with E-state index in [2.05, 4.69) is 19.1 Å². The van der Waals surface area contributed by atoms with Gasteiger partial charge >= 0.3 is 0 Å². The van der Waals surface area contributed by atoms with Crippen LogP contribution in [-0.2, 0) is 6.42 Å². The molecule has 0 fully saturated rings. The highest BCUT2D eigenvalue weighted by Gasteiger charge is 2.19. The zero-order valence-electron chi connectivity index (χ0n) is 11.9. The monoisotopic (exact) mass is 277 g/mol.